The van der Waals surface area contributed by atoms with E-state index in [1.165, 1.54) is 19.3 Å². The van der Waals surface area contributed by atoms with E-state index in [9.17, 15) is 0 Å². The predicted octanol–water partition coefficient (Wildman–Crippen LogP) is 2.41. The van der Waals surface area contributed by atoms with Crippen LogP contribution in [0.5, 0.6) is 0 Å². The molecule has 0 aliphatic heterocycles. The molecule has 4 unspecified atom stereocenters. The summed E-state index contributed by atoms with van der Waals surface area (Å²) < 4.78 is 0. The second-order valence-electron chi connectivity index (χ2n) is 4.39. The molecule has 1 fully saturated rings. The van der Waals surface area contributed by atoms with Crippen LogP contribution in [0.2, 0.25) is 0 Å². The maximum Gasteiger partial charge on any atom is 0.00388 e. The van der Waals surface area contributed by atoms with Crippen molar-refractivity contribution in [2.75, 3.05) is 0 Å². The highest BCUT2D eigenvalue weighted by atomic mass is 14.6. The van der Waals surface area contributed by atoms with Gasteiger partial charge in [0.25, 0.3) is 0 Å². The molecule has 0 aromatic heterocycles. The van der Waals surface area contributed by atoms with Crippen molar-refractivity contribution in [1.82, 2.24) is 0 Å². The SMILES string of the molecule is CC(N)C1CCC(C)C(C)C1. The number of hydrogen-bond acceptors (Lipinski definition) is 1. The monoisotopic (exact) mass is 155 g/mol. The van der Waals surface area contributed by atoms with E-state index >= 15 is 0 Å². The molecule has 0 radical (unpaired) electrons. The van der Waals surface area contributed by atoms with E-state index in [2.05, 4.69) is 20.8 Å². The summed E-state index contributed by atoms with van der Waals surface area (Å²) in [6, 6.07) is 0.407. The molecule has 0 spiro atoms. The van der Waals surface area contributed by atoms with Crippen LogP contribution in [-0.2, 0) is 0 Å². The molecule has 0 bridgehead atoms. The molecular formula is C10H21N. The van der Waals surface area contributed by atoms with Gasteiger partial charge in [0.05, 0.1) is 0 Å². The van der Waals surface area contributed by atoms with Crippen LogP contribution in [0, 0.1) is 17.8 Å². The van der Waals surface area contributed by atoms with Gasteiger partial charge in [-0.2, -0.15) is 0 Å². The van der Waals surface area contributed by atoms with Crippen LogP contribution in [0.3, 0.4) is 0 Å². The van der Waals surface area contributed by atoms with Gasteiger partial charge in [-0.3, -0.25) is 0 Å². The van der Waals surface area contributed by atoms with Gasteiger partial charge in [-0.25, -0.2) is 0 Å². The number of hydrogen-bond donors (Lipinski definition) is 1. The van der Waals surface area contributed by atoms with Gasteiger partial charge in [-0.05, 0) is 37.5 Å². The van der Waals surface area contributed by atoms with Crippen LogP contribution in [0.25, 0.3) is 0 Å². The third kappa shape index (κ3) is 2.19. The lowest BCUT2D eigenvalue weighted by Gasteiger charge is -2.33. The number of nitrogens with two attached hydrogens (primary N) is 1. The van der Waals surface area contributed by atoms with E-state index in [1.54, 1.807) is 0 Å². The van der Waals surface area contributed by atoms with E-state index < -0.39 is 0 Å². The van der Waals surface area contributed by atoms with Gasteiger partial charge in [-0.15, -0.1) is 0 Å². The highest BCUT2D eigenvalue weighted by Crippen LogP contribution is 2.34. The van der Waals surface area contributed by atoms with E-state index in [0.29, 0.717) is 6.04 Å². The Morgan fingerprint density at radius 1 is 1.18 bits per heavy atom. The van der Waals surface area contributed by atoms with Crippen LogP contribution in [0.4, 0.5) is 0 Å². The zero-order valence-electron chi connectivity index (χ0n) is 8.01. The molecule has 1 nitrogen and oxygen atoms in total. The fourth-order valence-electron chi connectivity index (χ4n) is 2.07. The van der Waals surface area contributed by atoms with Crippen molar-refractivity contribution in [2.24, 2.45) is 23.5 Å². The summed E-state index contributed by atoms with van der Waals surface area (Å²) in [5, 5.41) is 0. The van der Waals surface area contributed by atoms with Gasteiger partial charge >= 0.3 is 0 Å². The van der Waals surface area contributed by atoms with E-state index in [0.717, 1.165) is 17.8 Å². The Morgan fingerprint density at radius 3 is 2.27 bits per heavy atom. The molecule has 0 heterocycles. The molecule has 11 heavy (non-hydrogen) atoms. The Balaban J connectivity index is 2.40. The smallest absolute Gasteiger partial charge is 0.00388 e. The molecular weight excluding hydrogens is 134 g/mol. The van der Waals surface area contributed by atoms with E-state index in [1.807, 2.05) is 0 Å². The molecule has 0 aromatic rings. The van der Waals surface area contributed by atoms with Gasteiger partial charge in [0.2, 0.25) is 0 Å². The molecule has 1 aliphatic carbocycles. The first-order valence-electron chi connectivity index (χ1n) is 4.87. The average Bonchev–Trinajstić information content (AvgIpc) is 1.94. The summed E-state index contributed by atoms with van der Waals surface area (Å²) in [7, 11) is 0. The fourth-order valence-corrected chi connectivity index (χ4v) is 2.07. The van der Waals surface area contributed by atoms with Crippen LogP contribution in [0.15, 0.2) is 0 Å². The van der Waals surface area contributed by atoms with Crippen molar-refractivity contribution in [3.8, 4) is 0 Å². The maximum absolute atomic E-state index is 5.87. The second-order valence-corrected chi connectivity index (χ2v) is 4.39. The van der Waals surface area contributed by atoms with E-state index in [4.69, 9.17) is 5.73 Å². The lowest BCUT2D eigenvalue weighted by Crippen LogP contribution is -2.32. The summed E-state index contributed by atoms with van der Waals surface area (Å²) in [5.74, 6) is 2.60. The first-order valence-corrected chi connectivity index (χ1v) is 4.87. The minimum absolute atomic E-state index is 0.407. The topological polar surface area (TPSA) is 26.0 Å². The van der Waals surface area contributed by atoms with Crippen molar-refractivity contribution in [1.29, 1.82) is 0 Å². The first kappa shape index (κ1) is 9.05. The van der Waals surface area contributed by atoms with Gasteiger partial charge in [0.15, 0.2) is 0 Å². The summed E-state index contributed by atoms with van der Waals surface area (Å²) >= 11 is 0. The quantitative estimate of drug-likeness (QED) is 0.618. The molecule has 1 aliphatic rings. The van der Waals surface area contributed by atoms with Gasteiger partial charge in [0, 0.05) is 6.04 Å². The largest absolute Gasteiger partial charge is 0.328 e. The Labute approximate surface area is 70.4 Å². The zero-order valence-corrected chi connectivity index (χ0v) is 8.01. The van der Waals surface area contributed by atoms with Crippen molar-refractivity contribution >= 4 is 0 Å². The van der Waals surface area contributed by atoms with Gasteiger partial charge in [0.1, 0.15) is 0 Å². The molecule has 1 heteroatoms. The summed E-state index contributed by atoms with van der Waals surface area (Å²) in [5.41, 5.74) is 5.87. The Kier molecular flexibility index (Phi) is 2.94. The first-order chi connectivity index (χ1) is 5.11. The summed E-state index contributed by atoms with van der Waals surface area (Å²) in [6.07, 6.45) is 4.08. The molecule has 4 atom stereocenters. The molecule has 1 rings (SSSR count). The minimum atomic E-state index is 0.407. The van der Waals surface area contributed by atoms with Gasteiger partial charge in [-0.1, -0.05) is 20.3 Å². The zero-order chi connectivity index (χ0) is 8.43. The highest BCUT2D eigenvalue weighted by molar-refractivity contribution is 4.79. The van der Waals surface area contributed by atoms with Crippen LogP contribution in [-0.4, -0.2) is 6.04 Å². The Bertz CT molecular complexity index is 120. The minimum Gasteiger partial charge on any atom is -0.328 e. The van der Waals surface area contributed by atoms with Crippen molar-refractivity contribution in [3.05, 3.63) is 0 Å². The molecule has 0 amide bonds. The maximum atomic E-state index is 5.87. The van der Waals surface area contributed by atoms with Crippen molar-refractivity contribution in [2.45, 2.75) is 46.1 Å². The average molecular weight is 155 g/mol. The summed E-state index contributed by atoms with van der Waals surface area (Å²) in [4.78, 5) is 0. The molecule has 66 valence electrons. The third-order valence-electron chi connectivity index (χ3n) is 3.38. The summed E-state index contributed by atoms with van der Waals surface area (Å²) in [6.45, 7) is 6.87. The predicted molar refractivity (Wildman–Crippen MR) is 49.3 cm³/mol. The Morgan fingerprint density at radius 2 is 1.82 bits per heavy atom. The van der Waals surface area contributed by atoms with Crippen molar-refractivity contribution in [3.63, 3.8) is 0 Å². The molecule has 0 saturated heterocycles. The van der Waals surface area contributed by atoms with Crippen LogP contribution in [0.1, 0.15) is 40.0 Å². The highest BCUT2D eigenvalue weighted by Gasteiger charge is 2.26. The van der Waals surface area contributed by atoms with E-state index in [-0.39, 0.29) is 0 Å². The van der Waals surface area contributed by atoms with Crippen molar-refractivity contribution < 1.29 is 0 Å². The number of rotatable bonds is 1. The Hall–Kier alpha value is -0.0400. The second kappa shape index (κ2) is 3.57. The lowest BCUT2D eigenvalue weighted by molar-refractivity contribution is 0.190. The normalized spacial score (nSPS) is 42.0. The molecule has 2 N–H and O–H groups in total. The van der Waals surface area contributed by atoms with Gasteiger partial charge < -0.3 is 5.73 Å². The third-order valence-corrected chi connectivity index (χ3v) is 3.38. The lowest BCUT2D eigenvalue weighted by atomic mass is 9.74. The molecule has 1 saturated carbocycles. The standard InChI is InChI=1S/C10H21N/c1-7-4-5-10(9(3)11)6-8(7)2/h7-10H,4-6,11H2,1-3H3. The van der Waals surface area contributed by atoms with Crippen LogP contribution >= 0.6 is 0 Å². The van der Waals surface area contributed by atoms with Crippen LogP contribution < -0.4 is 5.73 Å². The molecule has 0 aromatic carbocycles. The fraction of sp³-hybridized carbons (Fsp3) is 1.00.